The van der Waals surface area contributed by atoms with Crippen LogP contribution < -0.4 is 15.4 Å². The van der Waals surface area contributed by atoms with Crippen molar-refractivity contribution in [3.63, 3.8) is 0 Å². The molecule has 1 unspecified atom stereocenters. The third kappa shape index (κ3) is 7.74. The Morgan fingerprint density at radius 2 is 1.93 bits per heavy atom. The van der Waals surface area contributed by atoms with Crippen LogP contribution in [-0.2, 0) is 6.54 Å². The van der Waals surface area contributed by atoms with Gasteiger partial charge in [-0.25, -0.2) is 4.99 Å². The van der Waals surface area contributed by atoms with E-state index in [-0.39, 0.29) is 24.0 Å². The Kier molecular flexibility index (Phi) is 10.8. The quantitative estimate of drug-likeness (QED) is 0.335. The van der Waals surface area contributed by atoms with E-state index in [1.165, 1.54) is 11.1 Å². The Bertz CT molecular complexity index is 704. The lowest BCUT2D eigenvalue weighted by molar-refractivity contribution is 0.414. The second kappa shape index (κ2) is 12.5. The lowest BCUT2D eigenvalue weighted by Gasteiger charge is -2.15. The van der Waals surface area contributed by atoms with Gasteiger partial charge >= 0.3 is 0 Å². The maximum absolute atomic E-state index is 5.22. The molecule has 0 bridgehead atoms. The highest BCUT2D eigenvalue weighted by Crippen LogP contribution is 2.21. The number of pyridine rings is 1. The number of aliphatic imine (C=N–C) groups is 1. The van der Waals surface area contributed by atoms with Crippen molar-refractivity contribution in [1.29, 1.82) is 0 Å². The Morgan fingerprint density at radius 1 is 1.19 bits per heavy atom. The molecule has 1 heterocycles. The summed E-state index contributed by atoms with van der Waals surface area (Å²) in [5.41, 5.74) is 3.50. The van der Waals surface area contributed by atoms with Crippen molar-refractivity contribution in [3.8, 4) is 5.75 Å². The molecule has 2 rings (SSSR count). The van der Waals surface area contributed by atoms with Gasteiger partial charge in [0, 0.05) is 19.3 Å². The van der Waals surface area contributed by atoms with Crippen molar-refractivity contribution in [2.75, 3.05) is 20.2 Å². The topological polar surface area (TPSA) is 58.5 Å². The van der Waals surface area contributed by atoms with E-state index in [1.807, 2.05) is 24.4 Å². The third-order valence-corrected chi connectivity index (χ3v) is 4.40. The van der Waals surface area contributed by atoms with E-state index in [0.717, 1.165) is 36.9 Å². The molecule has 2 N–H and O–H groups in total. The van der Waals surface area contributed by atoms with Gasteiger partial charge in [0.1, 0.15) is 5.75 Å². The maximum atomic E-state index is 5.22. The fraction of sp³-hybridized carbons (Fsp3) is 0.429. The molecular weight excluding hydrogens is 451 g/mol. The van der Waals surface area contributed by atoms with E-state index in [0.29, 0.717) is 12.5 Å². The number of nitrogens with zero attached hydrogens (tertiary/aromatic N) is 2. The molecule has 0 radical (unpaired) electrons. The van der Waals surface area contributed by atoms with Gasteiger partial charge in [0.25, 0.3) is 0 Å². The second-order valence-electron chi connectivity index (χ2n) is 6.35. The van der Waals surface area contributed by atoms with Gasteiger partial charge in [-0.1, -0.05) is 25.1 Å². The first-order chi connectivity index (χ1) is 12.6. The molecule has 0 saturated heterocycles. The minimum atomic E-state index is 0. The van der Waals surface area contributed by atoms with Gasteiger partial charge in [0.2, 0.25) is 0 Å². The normalized spacial score (nSPS) is 12.1. The summed E-state index contributed by atoms with van der Waals surface area (Å²) in [5, 5.41) is 6.72. The fourth-order valence-electron chi connectivity index (χ4n) is 2.69. The molecule has 0 amide bonds. The zero-order valence-corrected chi connectivity index (χ0v) is 19.0. The molecule has 6 heteroatoms. The number of aromatic nitrogens is 1. The fourth-order valence-corrected chi connectivity index (χ4v) is 2.69. The number of hydrogen-bond acceptors (Lipinski definition) is 3. The Hall–Kier alpha value is -1.83. The van der Waals surface area contributed by atoms with Crippen LogP contribution >= 0.6 is 24.0 Å². The van der Waals surface area contributed by atoms with E-state index in [1.54, 1.807) is 7.11 Å². The van der Waals surface area contributed by atoms with Gasteiger partial charge in [-0.05, 0) is 55.5 Å². The molecule has 0 aliphatic carbocycles. The molecule has 27 heavy (non-hydrogen) atoms. The zero-order chi connectivity index (χ0) is 18.8. The van der Waals surface area contributed by atoms with E-state index >= 15 is 0 Å². The van der Waals surface area contributed by atoms with Crippen LogP contribution in [-0.4, -0.2) is 31.1 Å². The second-order valence-corrected chi connectivity index (χ2v) is 6.35. The third-order valence-electron chi connectivity index (χ3n) is 4.40. The van der Waals surface area contributed by atoms with Crippen LogP contribution in [0.15, 0.2) is 47.6 Å². The summed E-state index contributed by atoms with van der Waals surface area (Å²) < 4.78 is 5.22. The van der Waals surface area contributed by atoms with E-state index < -0.39 is 0 Å². The molecular formula is C21H31IN4O. The predicted octanol–water partition coefficient (Wildman–Crippen LogP) is 4.27. The summed E-state index contributed by atoms with van der Waals surface area (Å²) >= 11 is 0. The van der Waals surface area contributed by atoms with Gasteiger partial charge in [0.15, 0.2) is 5.96 Å². The highest BCUT2D eigenvalue weighted by Gasteiger charge is 2.07. The Balaban J connectivity index is 0.00000364. The number of benzene rings is 1. The monoisotopic (exact) mass is 482 g/mol. The summed E-state index contributed by atoms with van der Waals surface area (Å²) in [6.45, 7) is 8.65. The molecule has 0 fully saturated rings. The lowest BCUT2D eigenvalue weighted by atomic mass is 9.98. The average molecular weight is 482 g/mol. The van der Waals surface area contributed by atoms with Gasteiger partial charge < -0.3 is 15.4 Å². The average Bonchev–Trinajstić information content (AvgIpc) is 2.67. The van der Waals surface area contributed by atoms with Crippen molar-refractivity contribution in [1.82, 2.24) is 15.6 Å². The van der Waals surface area contributed by atoms with Crippen molar-refractivity contribution in [2.24, 2.45) is 4.99 Å². The minimum Gasteiger partial charge on any atom is -0.497 e. The number of methoxy groups -OCH3 is 1. The summed E-state index contributed by atoms with van der Waals surface area (Å²) in [6.07, 6.45) is 2.84. The summed E-state index contributed by atoms with van der Waals surface area (Å²) in [4.78, 5) is 9.05. The van der Waals surface area contributed by atoms with Crippen LogP contribution in [0.5, 0.6) is 5.75 Å². The summed E-state index contributed by atoms with van der Waals surface area (Å²) in [7, 11) is 1.69. The summed E-state index contributed by atoms with van der Waals surface area (Å²) in [5.74, 6) is 2.19. The lowest BCUT2D eigenvalue weighted by Crippen LogP contribution is -2.38. The molecule has 0 spiro atoms. The van der Waals surface area contributed by atoms with E-state index in [9.17, 15) is 0 Å². The van der Waals surface area contributed by atoms with Gasteiger partial charge in [-0.2, -0.15) is 0 Å². The van der Waals surface area contributed by atoms with Crippen LogP contribution in [0.25, 0.3) is 0 Å². The molecule has 0 saturated carbocycles. The van der Waals surface area contributed by atoms with Crippen molar-refractivity contribution < 1.29 is 4.74 Å². The number of halogens is 1. The standard InChI is InChI=1S/C21H30N4O.HI/c1-5-22-21(25-15-20-17(3)7-6-13-23-20)24-14-12-16(2)18-8-10-19(26-4)11-9-18;/h6-11,13,16H,5,12,14-15H2,1-4H3,(H2,22,24,25);1H. The number of hydrogen-bond donors (Lipinski definition) is 2. The van der Waals surface area contributed by atoms with Gasteiger partial charge in [-0.15, -0.1) is 24.0 Å². The number of aryl methyl sites for hydroxylation is 1. The first-order valence-corrected chi connectivity index (χ1v) is 9.20. The molecule has 0 aliphatic heterocycles. The van der Waals surface area contributed by atoms with Crippen LogP contribution in [0, 0.1) is 6.92 Å². The molecule has 148 valence electrons. The van der Waals surface area contributed by atoms with Crippen LogP contribution in [0.3, 0.4) is 0 Å². The zero-order valence-electron chi connectivity index (χ0n) is 16.7. The number of rotatable bonds is 8. The van der Waals surface area contributed by atoms with Crippen LogP contribution in [0.2, 0.25) is 0 Å². The molecule has 1 aromatic heterocycles. The van der Waals surface area contributed by atoms with Crippen LogP contribution in [0.4, 0.5) is 0 Å². The van der Waals surface area contributed by atoms with Crippen molar-refractivity contribution >= 4 is 29.9 Å². The molecule has 0 aliphatic rings. The Morgan fingerprint density at radius 3 is 2.56 bits per heavy atom. The largest absolute Gasteiger partial charge is 0.497 e. The number of ether oxygens (including phenoxy) is 1. The number of guanidine groups is 1. The smallest absolute Gasteiger partial charge is 0.191 e. The highest BCUT2D eigenvalue weighted by atomic mass is 127. The minimum absolute atomic E-state index is 0. The van der Waals surface area contributed by atoms with E-state index in [2.05, 4.69) is 59.6 Å². The van der Waals surface area contributed by atoms with Crippen molar-refractivity contribution in [2.45, 2.75) is 39.7 Å². The first-order valence-electron chi connectivity index (χ1n) is 9.20. The van der Waals surface area contributed by atoms with E-state index in [4.69, 9.17) is 4.74 Å². The molecule has 5 nitrogen and oxygen atoms in total. The number of nitrogens with one attached hydrogen (secondary N) is 2. The van der Waals surface area contributed by atoms with Gasteiger partial charge in [-0.3, -0.25) is 4.98 Å². The summed E-state index contributed by atoms with van der Waals surface area (Å²) in [6, 6.07) is 12.3. The first kappa shape index (κ1) is 23.2. The highest BCUT2D eigenvalue weighted by molar-refractivity contribution is 14.0. The Labute approximate surface area is 180 Å². The molecule has 1 aromatic carbocycles. The maximum Gasteiger partial charge on any atom is 0.191 e. The SMILES string of the molecule is CCNC(=NCc1ncccc1C)NCCC(C)c1ccc(OC)cc1.I. The molecule has 2 aromatic rings. The predicted molar refractivity (Wildman–Crippen MR) is 123 cm³/mol. The molecule has 1 atom stereocenters. The van der Waals surface area contributed by atoms with Crippen LogP contribution in [0.1, 0.15) is 43.0 Å². The van der Waals surface area contributed by atoms with Gasteiger partial charge in [0.05, 0.1) is 19.3 Å². The van der Waals surface area contributed by atoms with Crippen molar-refractivity contribution in [3.05, 3.63) is 59.4 Å².